The van der Waals surface area contributed by atoms with Gasteiger partial charge < -0.3 is 39.1 Å². The molecule has 156 valence electrons. The van der Waals surface area contributed by atoms with Gasteiger partial charge in [-0.2, -0.15) is 0 Å². The van der Waals surface area contributed by atoms with Crippen molar-refractivity contribution < 1.29 is 43.9 Å². The smallest absolute Gasteiger partial charge is 0.336 e. The molecule has 10 heteroatoms. The van der Waals surface area contributed by atoms with Crippen molar-refractivity contribution in [3.8, 4) is 5.75 Å². The lowest BCUT2D eigenvalue weighted by molar-refractivity contribution is -0.271. The van der Waals surface area contributed by atoms with E-state index in [-0.39, 0.29) is 30.0 Å². The molecule has 0 bridgehead atoms. The normalized spacial score (nSPS) is 27.0. The molecule has 0 amide bonds. The van der Waals surface area contributed by atoms with E-state index >= 15 is 0 Å². The second-order valence-corrected chi connectivity index (χ2v) is 6.81. The number of hydrogen-bond acceptors (Lipinski definition) is 9. The summed E-state index contributed by atoms with van der Waals surface area (Å²) < 4.78 is 15.8. The van der Waals surface area contributed by atoms with E-state index in [2.05, 4.69) is 0 Å². The van der Waals surface area contributed by atoms with Crippen molar-refractivity contribution >= 4 is 22.7 Å². The number of ether oxygens (including phenoxy) is 2. The standard InChI is InChI=1S/C19H20O10/c1-8(20)2-3-9-6-10-4-5-13(21)27-11(10)7-12(9)28-19-16(24)14(22)15(23)17(29-19)18(25)26/h4-7,14-17,19,22-24H,2-3H2,1H3,(H,25,26). The van der Waals surface area contributed by atoms with Crippen molar-refractivity contribution in [1.29, 1.82) is 0 Å². The van der Waals surface area contributed by atoms with E-state index in [1.807, 2.05) is 0 Å². The summed E-state index contributed by atoms with van der Waals surface area (Å²) in [5.74, 6) is -1.54. The molecule has 29 heavy (non-hydrogen) atoms. The lowest BCUT2D eigenvalue weighted by atomic mass is 9.99. The molecule has 0 spiro atoms. The molecule has 10 nitrogen and oxygen atoms in total. The number of carboxylic acid groups (broad SMARTS) is 1. The van der Waals surface area contributed by atoms with Crippen LogP contribution in [0, 0.1) is 0 Å². The number of aliphatic hydroxyl groups excluding tert-OH is 3. The van der Waals surface area contributed by atoms with E-state index in [4.69, 9.17) is 19.0 Å². The third-order valence-corrected chi connectivity index (χ3v) is 4.60. The Morgan fingerprint density at radius 3 is 2.48 bits per heavy atom. The summed E-state index contributed by atoms with van der Waals surface area (Å²) in [6.07, 6.45) is -8.43. The van der Waals surface area contributed by atoms with Crippen molar-refractivity contribution in [2.45, 2.75) is 50.5 Å². The Hall–Kier alpha value is -2.79. The van der Waals surface area contributed by atoms with Gasteiger partial charge in [-0.1, -0.05) is 0 Å². The van der Waals surface area contributed by atoms with Crippen molar-refractivity contribution in [2.24, 2.45) is 0 Å². The molecule has 2 aromatic rings. The number of fused-ring (bicyclic) bond motifs is 1. The van der Waals surface area contributed by atoms with E-state index in [0.29, 0.717) is 10.9 Å². The predicted octanol–water partition coefficient (Wildman–Crippen LogP) is -0.414. The molecule has 2 heterocycles. The number of hydrogen-bond donors (Lipinski definition) is 4. The monoisotopic (exact) mass is 408 g/mol. The third kappa shape index (κ3) is 4.46. The molecule has 1 aromatic carbocycles. The lowest BCUT2D eigenvalue weighted by Gasteiger charge is -2.38. The van der Waals surface area contributed by atoms with Gasteiger partial charge in [0.15, 0.2) is 6.10 Å². The molecule has 1 aliphatic rings. The van der Waals surface area contributed by atoms with Gasteiger partial charge in [0.1, 0.15) is 35.4 Å². The summed E-state index contributed by atoms with van der Waals surface area (Å²) in [5.41, 5.74) is 0.0861. The molecule has 0 saturated carbocycles. The number of aliphatic carboxylic acids is 1. The molecular weight excluding hydrogens is 388 g/mol. The number of aryl methyl sites for hydroxylation is 1. The average Bonchev–Trinajstić information content (AvgIpc) is 2.66. The molecule has 5 unspecified atom stereocenters. The molecule has 3 rings (SSSR count). The van der Waals surface area contributed by atoms with Gasteiger partial charge in [-0.25, -0.2) is 9.59 Å². The first-order valence-electron chi connectivity index (χ1n) is 8.82. The highest BCUT2D eigenvalue weighted by molar-refractivity contribution is 5.80. The quantitative estimate of drug-likeness (QED) is 0.462. The Morgan fingerprint density at radius 2 is 1.83 bits per heavy atom. The molecule has 1 aliphatic heterocycles. The van der Waals surface area contributed by atoms with Crippen LogP contribution in [0.3, 0.4) is 0 Å². The van der Waals surface area contributed by atoms with Crippen molar-refractivity contribution in [1.82, 2.24) is 0 Å². The van der Waals surface area contributed by atoms with Crippen LogP contribution in [0.2, 0.25) is 0 Å². The van der Waals surface area contributed by atoms with Crippen LogP contribution in [0.5, 0.6) is 5.75 Å². The SMILES string of the molecule is CC(=O)CCc1cc2ccc(=O)oc2cc1OC1OC(C(=O)O)C(O)C(O)C1O. The number of carboxylic acids is 1. The summed E-state index contributed by atoms with van der Waals surface area (Å²) in [7, 11) is 0. The largest absolute Gasteiger partial charge is 0.479 e. The maximum atomic E-state index is 11.5. The molecular formula is C19H20O10. The molecule has 1 saturated heterocycles. The lowest BCUT2D eigenvalue weighted by Crippen LogP contribution is -2.61. The summed E-state index contributed by atoms with van der Waals surface area (Å²) >= 11 is 0. The van der Waals surface area contributed by atoms with Crippen LogP contribution < -0.4 is 10.4 Å². The zero-order chi connectivity index (χ0) is 21.3. The fourth-order valence-electron chi connectivity index (χ4n) is 3.03. The summed E-state index contributed by atoms with van der Waals surface area (Å²) in [4.78, 5) is 34.1. The molecule has 4 N–H and O–H groups in total. The van der Waals surface area contributed by atoms with E-state index < -0.39 is 42.3 Å². The molecule has 0 aliphatic carbocycles. The van der Waals surface area contributed by atoms with Gasteiger partial charge in [-0.05, 0) is 31.0 Å². The van der Waals surface area contributed by atoms with Gasteiger partial charge in [0.25, 0.3) is 0 Å². The van der Waals surface area contributed by atoms with Crippen LogP contribution in [0.25, 0.3) is 11.0 Å². The second kappa shape index (κ2) is 8.29. The van der Waals surface area contributed by atoms with Gasteiger partial charge in [0, 0.05) is 23.9 Å². The Labute approximate surface area is 163 Å². The number of carbonyl (C=O) groups excluding carboxylic acids is 1. The van der Waals surface area contributed by atoms with Crippen LogP contribution in [0.4, 0.5) is 0 Å². The highest BCUT2D eigenvalue weighted by Gasteiger charge is 2.48. The third-order valence-electron chi connectivity index (χ3n) is 4.60. The maximum Gasteiger partial charge on any atom is 0.336 e. The Bertz CT molecular complexity index is 981. The second-order valence-electron chi connectivity index (χ2n) is 6.81. The van der Waals surface area contributed by atoms with E-state index in [1.54, 1.807) is 6.07 Å². The predicted molar refractivity (Wildman–Crippen MR) is 96.4 cm³/mol. The van der Waals surface area contributed by atoms with Crippen LogP contribution in [-0.2, 0) is 20.7 Å². The summed E-state index contributed by atoms with van der Waals surface area (Å²) in [5, 5.41) is 39.6. The van der Waals surface area contributed by atoms with Crippen LogP contribution in [0.15, 0.2) is 33.5 Å². The number of Topliss-reactive ketones (excluding diaryl/α,β-unsaturated/α-hetero) is 1. The minimum atomic E-state index is -1.85. The Balaban J connectivity index is 1.97. The minimum absolute atomic E-state index is 0.0740. The summed E-state index contributed by atoms with van der Waals surface area (Å²) in [6, 6.07) is 5.76. The van der Waals surface area contributed by atoms with E-state index in [0.717, 1.165) is 0 Å². The highest BCUT2D eigenvalue weighted by atomic mass is 16.7. The molecule has 5 atom stereocenters. The van der Waals surface area contributed by atoms with Crippen molar-refractivity contribution in [3.63, 3.8) is 0 Å². The highest BCUT2D eigenvalue weighted by Crippen LogP contribution is 2.30. The number of benzene rings is 1. The van der Waals surface area contributed by atoms with Crippen LogP contribution in [0.1, 0.15) is 18.9 Å². The molecule has 1 fully saturated rings. The van der Waals surface area contributed by atoms with Crippen LogP contribution in [-0.4, -0.2) is 62.9 Å². The molecule has 1 aromatic heterocycles. The number of carbonyl (C=O) groups is 2. The fraction of sp³-hybridized carbons (Fsp3) is 0.421. The number of rotatable bonds is 6. The average molecular weight is 408 g/mol. The van der Waals surface area contributed by atoms with Gasteiger partial charge in [0.2, 0.25) is 6.29 Å². The first-order chi connectivity index (χ1) is 13.7. The fourth-order valence-corrected chi connectivity index (χ4v) is 3.03. The topological polar surface area (TPSA) is 164 Å². The van der Waals surface area contributed by atoms with E-state index in [9.17, 15) is 29.7 Å². The van der Waals surface area contributed by atoms with Gasteiger partial charge in [-0.15, -0.1) is 0 Å². The van der Waals surface area contributed by atoms with E-state index in [1.165, 1.54) is 25.1 Å². The van der Waals surface area contributed by atoms with Crippen molar-refractivity contribution in [3.05, 3.63) is 40.2 Å². The van der Waals surface area contributed by atoms with Gasteiger partial charge in [-0.3, -0.25) is 0 Å². The zero-order valence-corrected chi connectivity index (χ0v) is 15.3. The Kier molecular flexibility index (Phi) is 5.99. The first kappa shape index (κ1) is 20.9. The molecule has 0 radical (unpaired) electrons. The van der Waals surface area contributed by atoms with Crippen molar-refractivity contribution in [2.75, 3.05) is 0 Å². The summed E-state index contributed by atoms with van der Waals surface area (Å²) in [6.45, 7) is 1.42. The first-order valence-corrected chi connectivity index (χ1v) is 8.82. The number of aliphatic hydroxyl groups is 3. The Morgan fingerprint density at radius 1 is 1.10 bits per heavy atom. The van der Waals surface area contributed by atoms with Gasteiger partial charge in [0.05, 0.1) is 0 Å². The van der Waals surface area contributed by atoms with Crippen LogP contribution >= 0.6 is 0 Å². The van der Waals surface area contributed by atoms with Gasteiger partial charge >= 0.3 is 11.6 Å². The minimum Gasteiger partial charge on any atom is -0.479 e. The maximum absolute atomic E-state index is 11.5. The zero-order valence-electron chi connectivity index (χ0n) is 15.3. The number of ketones is 1.